The summed E-state index contributed by atoms with van der Waals surface area (Å²) in [7, 11) is -4.06. The van der Waals surface area contributed by atoms with Gasteiger partial charge in [-0.1, -0.05) is 89.9 Å². The molecule has 0 radical (unpaired) electrons. The van der Waals surface area contributed by atoms with Crippen LogP contribution in [0.4, 0.5) is 0 Å². The van der Waals surface area contributed by atoms with Gasteiger partial charge in [-0.3, -0.25) is 0 Å². The fraction of sp³-hybridized carbons (Fsp3) is 0.250. The molecule has 1 heterocycles. The molecule has 182 valence electrons. The summed E-state index contributed by atoms with van der Waals surface area (Å²) in [4.78, 5) is 12.5. The van der Waals surface area contributed by atoms with Gasteiger partial charge in [0.2, 0.25) is 10.0 Å². The van der Waals surface area contributed by atoms with Crippen molar-refractivity contribution in [1.29, 1.82) is 0 Å². The van der Waals surface area contributed by atoms with Crippen molar-refractivity contribution in [2.45, 2.75) is 50.1 Å². The molecule has 0 bridgehead atoms. The molecule has 5 nitrogen and oxygen atoms in total. The van der Waals surface area contributed by atoms with Crippen LogP contribution in [0, 0.1) is 6.92 Å². The van der Waals surface area contributed by atoms with Crippen molar-refractivity contribution in [2.75, 3.05) is 0 Å². The van der Waals surface area contributed by atoms with Crippen molar-refractivity contribution < 1.29 is 18.3 Å². The highest BCUT2D eigenvalue weighted by Crippen LogP contribution is 2.46. The molecule has 0 aromatic heterocycles. The van der Waals surface area contributed by atoms with Crippen LogP contribution in [0.5, 0.6) is 0 Å². The minimum Gasteiger partial charge on any atom is -0.478 e. The number of hydrogen-bond acceptors (Lipinski definition) is 3. The third-order valence-electron chi connectivity index (χ3n) is 6.43. The number of sulfonamides is 1. The van der Waals surface area contributed by atoms with E-state index in [1.165, 1.54) is 4.31 Å². The molecule has 0 fully saturated rings. The van der Waals surface area contributed by atoms with Crippen LogP contribution in [-0.4, -0.2) is 23.8 Å². The second-order valence-electron chi connectivity index (χ2n) is 9.14. The maximum absolute atomic E-state index is 14.2. The first-order valence-electron chi connectivity index (χ1n) is 11.5. The summed E-state index contributed by atoms with van der Waals surface area (Å²) in [5.74, 6) is -0.785. The van der Waals surface area contributed by atoms with Gasteiger partial charge in [-0.2, -0.15) is 4.31 Å². The Labute approximate surface area is 215 Å². The van der Waals surface area contributed by atoms with Crippen molar-refractivity contribution in [3.8, 4) is 0 Å². The van der Waals surface area contributed by atoms with E-state index in [4.69, 9.17) is 0 Å². The second-order valence-corrected chi connectivity index (χ2v) is 11.9. The molecule has 1 aliphatic rings. The summed E-state index contributed by atoms with van der Waals surface area (Å²) in [6.45, 7) is 6.11. The fourth-order valence-corrected chi connectivity index (χ4v) is 6.51. The topological polar surface area (TPSA) is 74.7 Å². The molecule has 1 N–H and O–H groups in total. The molecular weight excluding hydrogens is 526 g/mol. The van der Waals surface area contributed by atoms with Gasteiger partial charge in [0.15, 0.2) is 0 Å². The molecular formula is C28H28BrNO4S. The molecule has 3 aromatic rings. The van der Waals surface area contributed by atoms with E-state index in [2.05, 4.69) is 29.8 Å². The van der Waals surface area contributed by atoms with E-state index in [9.17, 15) is 18.3 Å². The maximum atomic E-state index is 14.2. The van der Waals surface area contributed by atoms with Crippen LogP contribution in [0.1, 0.15) is 60.5 Å². The summed E-state index contributed by atoms with van der Waals surface area (Å²) >= 11 is 3.42. The Hall–Kier alpha value is -2.74. The first kappa shape index (κ1) is 25.4. The van der Waals surface area contributed by atoms with Gasteiger partial charge in [-0.05, 0) is 60.2 Å². The van der Waals surface area contributed by atoms with E-state index in [0.29, 0.717) is 11.5 Å². The van der Waals surface area contributed by atoms with Crippen molar-refractivity contribution in [1.82, 2.24) is 4.31 Å². The molecule has 35 heavy (non-hydrogen) atoms. The highest BCUT2D eigenvalue weighted by molar-refractivity contribution is 9.10. The highest BCUT2D eigenvalue weighted by Gasteiger charge is 2.44. The Balaban J connectivity index is 1.94. The van der Waals surface area contributed by atoms with Gasteiger partial charge < -0.3 is 5.11 Å². The summed E-state index contributed by atoms with van der Waals surface area (Å²) in [5, 5.41) is 10.1. The van der Waals surface area contributed by atoms with Crippen molar-refractivity contribution in [3.05, 3.63) is 111 Å². The third kappa shape index (κ3) is 5.13. The van der Waals surface area contributed by atoms with Crippen LogP contribution in [0.2, 0.25) is 0 Å². The lowest BCUT2D eigenvalue weighted by atomic mass is 9.89. The monoisotopic (exact) mass is 553 g/mol. The van der Waals surface area contributed by atoms with E-state index in [-0.39, 0.29) is 16.9 Å². The molecule has 1 aliphatic heterocycles. The summed E-state index contributed by atoms with van der Waals surface area (Å²) in [6.07, 6.45) is 1.93. The number of carboxylic acid groups (broad SMARTS) is 1. The van der Waals surface area contributed by atoms with E-state index in [1.807, 2.05) is 31.2 Å². The normalized spacial score (nSPS) is 18.9. The molecule has 2 atom stereocenters. The number of carbonyl (C=O) groups is 1. The predicted octanol–water partition coefficient (Wildman–Crippen LogP) is 6.77. The summed E-state index contributed by atoms with van der Waals surface area (Å²) in [6, 6.07) is 20.2. The first-order chi connectivity index (χ1) is 16.6. The van der Waals surface area contributed by atoms with Crippen LogP contribution >= 0.6 is 15.9 Å². The smallest absolute Gasteiger partial charge is 0.333 e. The second kappa shape index (κ2) is 10.1. The first-order valence-corrected chi connectivity index (χ1v) is 13.7. The Bertz CT molecular complexity index is 1350. The van der Waals surface area contributed by atoms with Crippen molar-refractivity contribution >= 4 is 31.9 Å². The molecule has 0 saturated heterocycles. The lowest BCUT2D eigenvalue weighted by molar-refractivity contribution is -0.133. The fourth-order valence-electron chi connectivity index (χ4n) is 4.47. The van der Waals surface area contributed by atoms with E-state index in [0.717, 1.165) is 21.2 Å². The van der Waals surface area contributed by atoms with Gasteiger partial charge in [0.1, 0.15) is 0 Å². The number of benzene rings is 3. The van der Waals surface area contributed by atoms with Gasteiger partial charge >= 0.3 is 5.97 Å². The number of aliphatic carboxylic acids is 1. The van der Waals surface area contributed by atoms with Crippen LogP contribution in [0.25, 0.3) is 0 Å². The predicted molar refractivity (Wildman–Crippen MR) is 141 cm³/mol. The molecule has 4 rings (SSSR count). The van der Waals surface area contributed by atoms with Crippen LogP contribution in [0.3, 0.4) is 0 Å². The Morgan fingerprint density at radius 1 is 0.943 bits per heavy atom. The van der Waals surface area contributed by atoms with E-state index in [1.54, 1.807) is 54.6 Å². The zero-order valence-corrected chi connectivity index (χ0v) is 22.3. The van der Waals surface area contributed by atoms with Gasteiger partial charge in [0, 0.05) is 4.47 Å². The maximum Gasteiger partial charge on any atom is 0.333 e. The lowest BCUT2D eigenvalue weighted by Gasteiger charge is -2.40. The van der Waals surface area contributed by atoms with Gasteiger partial charge in [-0.15, -0.1) is 0 Å². The zero-order chi connectivity index (χ0) is 25.3. The molecule has 0 aliphatic carbocycles. The van der Waals surface area contributed by atoms with Crippen molar-refractivity contribution in [3.63, 3.8) is 0 Å². The van der Waals surface area contributed by atoms with Gasteiger partial charge in [-0.25, -0.2) is 13.2 Å². The van der Waals surface area contributed by atoms with Gasteiger partial charge in [0.25, 0.3) is 0 Å². The number of carboxylic acids is 1. The quantitative estimate of drug-likeness (QED) is 0.365. The number of nitrogens with zero attached hydrogens (tertiary/aromatic N) is 1. The average molecular weight is 555 g/mol. The van der Waals surface area contributed by atoms with Crippen LogP contribution in [-0.2, 0) is 14.8 Å². The lowest BCUT2D eigenvalue weighted by Crippen LogP contribution is -2.42. The summed E-state index contributed by atoms with van der Waals surface area (Å²) in [5.41, 5.74) is 3.58. The Kier molecular flexibility index (Phi) is 7.31. The molecule has 7 heteroatoms. The molecule has 3 aromatic carbocycles. The van der Waals surface area contributed by atoms with E-state index < -0.39 is 28.1 Å². The van der Waals surface area contributed by atoms with Crippen LogP contribution < -0.4 is 0 Å². The largest absolute Gasteiger partial charge is 0.478 e. The Morgan fingerprint density at radius 2 is 1.51 bits per heavy atom. The minimum absolute atomic E-state index is 0.0538. The number of halogens is 1. The molecule has 0 unspecified atom stereocenters. The third-order valence-corrected chi connectivity index (χ3v) is 8.85. The standard InChI is InChI=1S/C28H28BrNO4S/c1-18(2)20-6-8-21(9-7-20)26-17-16-25(28(31)32)27(22-10-12-23(29)13-11-22)30(26)35(33,34)24-14-4-19(3)5-15-24/h4-16,18,26-27H,17H2,1-3H3,(H,31,32)/t26-,27-/m0/s1. The van der Waals surface area contributed by atoms with E-state index >= 15 is 0 Å². The highest BCUT2D eigenvalue weighted by atomic mass is 79.9. The minimum atomic E-state index is -4.06. The SMILES string of the molecule is Cc1ccc(S(=O)(=O)N2[C@@H](c3ccc(Br)cc3)C(C(=O)O)=CC[C@H]2c2ccc(C(C)C)cc2)cc1. The average Bonchev–Trinajstić information content (AvgIpc) is 2.84. The van der Waals surface area contributed by atoms with Gasteiger partial charge in [0.05, 0.1) is 22.6 Å². The van der Waals surface area contributed by atoms with Crippen molar-refractivity contribution in [2.24, 2.45) is 0 Å². The number of aryl methyl sites for hydroxylation is 1. The number of rotatable bonds is 6. The molecule has 0 spiro atoms. The summed E-state index contributed by atoms with van der Waals surface area (Å²) < 4.78 is 30.6. The zero-order valence-electron chi connectivity index (χ0n) is 19.9. The number of hydrogen-bond donors (Lipinski definition) is 1. The molecule has 0 amide bonds. The molecule has 0 saturated carbocycles. The van der Waals surface area contributed by atoms with Crippen LogP contribution in [0.15, 0.2) is 93.8 Å². The Morgan fingerprint density at radius 3 is 2.06 bits per heavy atom.